The number of nitrogens with one attached hydrogen (secondary N) is 1. The van der Waals surface area contributed by atoms with Gasteiger partial charge >= 0.3 is 5.97 Å². The third kappa shape index (κ3) is 3.69. The molecule has 25 heavy (non-hydrogen) atoms. The minimum absolute atomic E-state index is 0.0662. The lowest BCUT2D eigenvalue weighted by molar-refractivity contribution is -0.138. The molecule has 0 fully saturated rings. The van der Waals surface area contributed by atoms with Crippen LogP contribution in [-0.4, -0.2) is 33.7 Å². The SMILES string of the molecule is Cc1nc(C)c(CNC(=O)C2=NN(c3ccccc3)C(C(=O)O)C2)s1. The standard InChI is InChI=1S/C17H18N4O3S/c1-10-15(25-11(2)19-10)9-18-16(22)13-8-14(17(23)24)21(20-13)12-6-4-3-5-7-12/h3-7,14H,8-9H2,1-2H3,(H,18,22)(H,23,24). The van der Waals surface area contributed by atoms with Gasteiger partial charge in [-0.05, 0) is 26.0 Å². The molecular weight excluding hydrogens is 340 g/mol. The van der Waals surface area contributed by atoms with Crippen LogP contribution in [0.15, 0.2) is 35.4 Å². The van der Waals surface area contributed by atoms with E-state index in [2.05, 4.69) is 15.4 Å². The number of anilines is 1. The fourth-order valence-corrected chi connectivity index (χ4v) is 3.54. The second-order valence-corrected chi connectivity index (χ2v) is 7.00. The molecular formula is C17H18N4O3S. The van der Waals surface area contributed by atoms with Crippen molar-refractivity contribution in [2.75, 3.05) is 5.01 Å². The lowest BCUT2D eigenvalue weighted by Crippen LogP contribution is -2.35. The van der Waals surface area contributed by atoms with E-state index < -0.39 is 12.0 Å². The maximum Gasteiger partial charge on any atom is 0.328 e. The summed E-state index contributed by atoms with van der Waals surface area (Å²) in [6.07, 6.45) is 0.0662. The molecule has 130 valence electrons. The monoisotopic (exact) mass is 358 g/mol. The molecule has 0 saturated heterocycles. The molecule has 1 amide bonds. The number of carboxylic acids is 1. The van der Waals surface area contributed by atoms with Gasteiger partial charge < -0.3 is 10.4 Å². The largest absolute Gasteiger partial charge is 0.480 e. The third-order valence-electron chi connectivity index (χ3n) is 3.89. The highest BCUT2D eigenvalue weighted by molar-refractivity contribution is 7.11. The lowest BCUT2D eigenvalue weighted by Gasteiger charge is -2.19. The number of carboxylic acid groups (broad SMARTS) is 1. The molecule has 7 nitrogen and oxygen atoms in total. The minimum Gasteiger partial charge on any atom is -0.480 e. The van der Waals surface area contributed by atoms with E-state index in [4.69, 9.17) is 0 Å². The van der Waals surface area contributed by atoms with Crippen LogP contribution in [0.3, 0.4) is 0 Å². The summed E-state index contributed by atoms with van der Waals surface area (Å²) in [6.45, 7) is 4.17. The zero-order valence-corrected chi connectivity index (χ0v) is 14.7. The van der Waals surface area contributed by atoms with Gasteiger partial charge in [-0.2, -0.15) is 5.10 Å². The molecule has 1 aromatic carbocycles. The molecule has 0 aliphatic carbocycles. The molecule has 1 aromatic heterocycles. The number of aromatic nitrogens is 1. The van der Waals surface area contributed by atoms with Crippen molar-refractivity contribution in [3.8, 4) is 0 Å². The molecule has 8 heteroatoms. The number of thiazole rings is 1. The van der Waals surface area contributed by atoms with Gasteiger partial charge in [-0.1, -0.05) is 18.2 Å². The first-order valence-electron chi connectivity index (χ1n) is 7.81. The van der Waals surface area contributed by atoms with Crippen molar-refractivity contribution in [1.29, 1.82) is 0 Å². The summed E-state index contributed by atoms with van der Waals surface area (Å²) in [4.78, 5) is 29.2. The first-order chi connectivity index (χ1) is 12.0. The molecule has 1 aliphatic rings. The maximum absolute atomic E-state index is 12.4. The van der Waals surface area contributed by atoms with Crippen molar-refractivity contribution in [3.63, 3.8) is 0 Å². The summed E-state index contributed by atoms with van der Waals surface area (Å²) in [5.74, 6) is -1.36. The highest BCUT2D eigenvalue weighted by Gasteiger charge is 2.36. The Bertz CT molecular complexity index is 832. The Labute approximate surface area is 149 Å². The number of aliphatic carboxylic acids is 1. The van der Waals surface area contributed by atoms with Gasteiger partial charge in [-0.15, -0.1) is 11.3 Å². The number of aryl methyl sites for hydroxylation is 2. The van der Waals surface area contributed by atoms with Gasteiger partial charge in [0.1, 0.15) is 5.71 Å². The van der Waals surface area contributed by atoms with Crippen LogP contribution in [0, 0.1) is 13.8 Å². The molecule has 3 rings (SSSR count). The Morgan fingerprint density at radius 1 is 1.32 bits per heavy atom. The summed E-state index contributed by atoms with van der Waals surface area (Å²) in [7, 11) is 0. The Morgan fingerprint density at radius 3 is 2.64 bits per heavy atom. The Balaban J connectivity index is 1.74. The van der Waals surface area contributed by atoms with Crippen molar-refractivity contribution < 1.29 is 14.7 Å². The number of amides is 1. The molecule has 2 N–H and O–H groups in total. The maximum atomic E-state index is 12.4. The molecule has 0 bridgehead atoms. The molecule has 1 unspecified atom stereocenters. The van der Waals surface area contributed by atoms with Crippen LogP contribution >= 0.6 is 11.3 Å². The highest BCUT2D eigenvalue weighted by Crippen LogP contribution is 2.24. The first kappa shape index (κ1) is 17.1. The van der Waals surface area contributed by atoms with E-state index in [1.807, 2.05) is 19.9 Å². The molecule has 0 radical (unpaired) electrons. The predicted octanol–water partition coefficient (Wildman–Crippen LogP) is 2.10. The van der Waals surface area contributed by atoms with E-state index in [0.29, 0.717) is 12.2 Å². The van der Waals surface area contributed by atoms with Crippen LogP contribution in [0.4, 0.5) is 5.69 Å². The number of nitrogens with zero attached hydrogens (tertiary/aromatic N) is 3. The zero-order chi connectivity index (χ0) is 18.0. The zero-order valence-electron chi connectivity index (χ0n) is 13.9. The van der Waals surface area contributed by atoms with Crippen LogP contribution < -0.4 is 10.3 Å². The first-order valence-corrected chi connectivity index (χ1v) is 8.63. The summed E-state index contributed by atoms with van der Waals surface area (Å²) >= 11 is 1.53. The van der Waals surface area contributed by atoms with Gasteiger partial charge in [0.15, 0.2) is 6.04 Å². The van der Waals surface area contributed by atoms with Gasteiger partial charge in [0.2, 0.25) is 0 Å². The number of carbonyl (C=O) groups excluding carboxylic acids is 1. The van der Waals surface area contributed by atoms with Gasteiger partial charge in [-0.3, -0.25) is 9.80 Å². The van der Waals surface area contributed by atoms with Gasteiger partial charge in [-0.25, -0.2) is 9.78 Å². The molecule has 2 aromatic rings. The molecule has 0 spiro atoms. The number of hydrazone groups is 1. The average molecular weight is 358 g/mol. The Morgan fingerprint density at radius 2 is 2.04 bits per heavy atom. The van der Waals surface area contributed by atoms with Crippen LogP contribution in [0.1, 0.15) is 22.0 Å². The highest BCUT2D eigenvalue weighted by atomic mass is 32.1. The second-order valence-electron chi connectivity index (χ2n) is 5.71. The van der Waals surface area contributed by atoms with Gasteiger partial charge in [0.25, 0.3) is 5.91 Å². The average Bonchev–Trinajstić information content (AvgIpc) is 3.17. The third-order valence-corrected chi connectivity index (χ3v) is 4.96. The molecule has 0 saturated carbocycles. The van der Waals surface area contributed by atoms with Crippen LogP contribution in [-0.2, 0) is 16.1 Å². The van der Waals surface area contributed by atoms with E-state index in [9.17, 15) is 14.7 Å². The van der Waals surface area contributed by atoms with E-state index in [-0.39, 0.29) is 18.0 Å². The second kappa shape index (κ2) is 7.02. The summed E-state index contributed by atoms with van der Waals surface area (Å²) in [5.41, 5.74) is 1.76. The van der Waals surface area contributed by atoms with Crippen molar-refractivity contribution in [2.45, 2.75) is 32.9 Å². The molecule has 1 aliphatic heterocycles. The van der Waals surface area contributed by atoms with Crippen molar-refractivity contribution in [2.24, 2.45) is 5.10 Å². The predicted molar refractivity (Wildman–Crippen MR) is 95.8 cm³/mol. The summed E-state index contributed by atoms with van der Waals surface area (Å²) in [6, 6.07) is 8.10. The number of rotatable bonds is 5. The number of hydrogen-bond donors (Lipinski definition) is 2. The van der Waals surface area contributed by atoms with Crippen molar-refractivity contribution in [3.05, 3.63) is 45.9 Å². The van der Waals surface area contributed by atoms with Crippen LogP contribution in [0.25, 0.3) is 0 Å². The summed E-state index contributed by atoms with van der Waals surface area (Å²) < 4.78 is 0. The fraction of sp³-hybridized carbons (Fsp3) is 0.294. The smallest absolute Gasteiger partial charge is 0.328 e. The van der Waals surface area contributed by atoms with E-state index in [0.717, 1.165) is 15.6 Å². The quantitative estimate of drug-likeness (QED) is 0.853. The normalized spacial score (nSPS) is 16.6. The molecule has 1 atom stereocenters. The van der Waals surface area contributed by atoms with Gasteiger partial charge in [0.05, 0.1) is 22.9 Å². The van der Waals surface area contributed by atoms with Crippen LogP contribution in [0.2, 0.25) is 0 Å². The van der Waals surface area contributed by atoms with Crippen LogP contribution in [0.5, 0.6) is 0 Å². The summed E-state index contributed by atoms with van der Waals surface area (Å²) in [5, 5.41) is 18.8. The van der Waals surface area contributed by atoms with Crippen molar-refractivity contribution in [1.82, 2.24) is 10.3 Å². The number of para-hydroxylation sites is 1. The topological polar surface area (TPSA) is 94.9 Å². The van der Waals surface area contributed by atoms with E-state index >= 15 is 0 Å². The van der Waals surface area contributed by atoms with Gasteiger partial charge in [0, 0.05) is 11.3 Å². The lowest BCUT2D eigenvalue weighted by atomic mass is 10.1. The molecule has 2 heterocycles. The Hall–Kier alpha value is -2.74. The fourth-order valence-electron chi connectivity index (χ4n) is 2.66. The number of carbonyl (C=O) groups is 2. The van der Waals surface area contributed by atoms with Crippen molar-refractivity contribution >= 4 is 34.6 Å². The van der Waals surface area contributed by atoms with E-state index in [1.54, 1.807) is 24.3 Å². The number of hydrogen-bond acceptors (Lipinski definition) is 6. The minimum atomic E-state index is -1.01. The van der Waals surface area contributed by atoms with E-state index in [1.165, 1.54) is 16.3 Å². The Kier molecular flexibility index (Phi) is 4.80. The number of benzene rings is 1.